The van der Waals surface area contributed by atoms with Gasteiger partial charge in [0.25, 0.3) is 11.6 Å². The highest BCUT2D eigenvalue weighted by Crippen LogP contribution is 2.19. The summed E-state index contributed by atoms with van der Waals surface area (Å²) in [5, 5.41) is 21.8. The Morgan fingerprint density at radius 1 is 1.38 bits per heavy atom. The fraction of sp³-hybridized carbons (Fsp3) is 0.438. The van der Waals surface area contributed by atoms with Crippen LogP contribution in [-0.4, -0.2) is 37.9 Å². The van der Waals surface area contributed by atoms with Gasteiger partial charge in [0, 0.05) is 18.7 Å². The Balaban J connectivity index is 0.00000338. The number of nitrogens with two attached hydrogens (primary N) is 1. The first-order valence-corrected chi connectivity index (χ1v) is 8.07. The highest BCUT2D eigenvalue weighted by Gasteiger charge is 2.29. The van der Waals surface area contributed by atoms with Crippen molar-refractivity contribution in [1.82, 2.24) is 20.3 Å². The Kier molecular flexibility index (Phi) is 7.22. The molecule has 0 saturated heterocycles. The molecule has 0 saturated carbocycles. The van der Waals surface area contributed by atoms with Crippen LogP contribution in [0.15, 0.2) is 24.3 Å². The van der Waals surface area contributed by atoms with Crippen LogP contribution in [-0.2, 0) is 0 Å². The maximum absolute atomic E-state index is 12.6. The van der Waals surface area contributed by atoms with Crippen molar-refractivity contribution in [2.24, 2.45) is 5.73 Å². The summed E-state index contributed by atoms with van der Waals surface area (Å²) < 4.78 is 1.41. The predicted molar refractivity (Wildman–Crippen MR) is 99.8 cm³/mol. The normalized spacial score (nSPS) is 10.9. The lowest BCUT2D eigenvalue weighted by atomic mass is 9.92. The minimum atomic E-state index is -0.487. The summed E-state index contributed by atoms with van der Waals surface area (Å²) in [7, 11) is 0. The van der Waals surface area contributed by atoms with E-state index in [1.165, 1.54) is 16.8 Å². The van der Waals surface area contributed by atoms with Crippen molar-refractivity contribution in [3.05, 3.63) is 45.8 Å². The molecule has 0 aliphatic rings. The van der Waals surface area contributed by atoms with Crippen molar-refractivity contribution < 1.29 is 9.72 Å². The van der Waals surface area contributed by atoms with Crippen LogP contribution in [0, 0.1) is 17.0 Å². The maximum atomic E-state index is 12.6. The van der Waals surface area contributed by atoms with Gasteiger partial charge in [0.1, 0.15) is 0 Å². The highest BCUT2D eigenvalue weighted by molar-refractivity contribution is 5.93. The molecule has 0 radical (unpaired) electrons. The summed E-state index contributed by atoms with van der Waals surface area (Å²) in [5.74, 6) is -0.358. The molecule has 1 heterocycles. The first-order valence-electron chi connectivity index (χ1n) is 8.07. The fourth-order valence-corrected chi connectivity index (χ4v) is 2.59. The molecule has 1 aromatic heterocycles. The molecule has 1 aromatic carbocycles. The number of halogens is 1. The molecule has 0 unspecified atom stereocenters. The number of nitrogens with zero attached hydrogens (tertiary/aromatic N) is 4. The Bertz CT molecular complexity index is 780. The number of benzene rings is 1. The second kappa shape index (κ2) is 8.72. The second-order valence-corrected chi connectivity index (χ2v) is 5.86. The predicted octanol–water partition coefficient (Wildman–Crippen LogP) is 2.15. The second-order valence-electron chi connectivity index (χ2n) is 5.86. The van der Waals surface area contributed by atoms with Crippen LogP contribution in [0.3, 0.4) is 0 Å². The van der Waals surface area contributed by atoms with E-state index in [-0.39, 0.29) is 29.7 Å². The van der Waals surface area contributed by atoms with Gasteiger partial charge in [0.15, 0.2) is 5.69 Å². The van der Waals surface area contributed by atoms with Crippen LogP contribution >= 0.6 is 12.4 Å². The average Bonchev–Trinajstić information content (AvgIpc) is 3.01. The van der Waals surface area contributed by atoms with Gasteiger partial charge in [-0.05, 0) is 25.8 Å². The van der Waals surface area contributed by atoms with E-state index in [1.807, 2.05) is 13.8 Å². The SMILES string of the molecule is CCC(CC)(CN)NC(=O)c1nnn(-c2cccc([N+](=O)[O-])c2)c1C.Cl. The van der Waals surface area contributed by atoms with Gasteiger partial charge >= 0.3 is 0 Å². The van der Waals surface area contributed by atoms with Crippen LogP contribution < -0.4 is 11.1 Å². The first-order chi connectivity index (χ1) is 11.9. The number of hydrogen-bond donors (Lipinski definition) is 2. The number of aromatic nitrogens is 3. The number of non-ortho nitro benzene ring substituents is 1. The zero-order chi connectivity index (χ0) is 18.6. The lowest BCUT2D eigenvalue weighted by molar-refractivity contribution is -0.384. The van der Waals surface area contributed by atoms with Gasteiger partial charge in [-0.25, -0.2) is 4.68 Å². The molecule has 9 nitrogen and oxygen atoms in total. The lowest BCUT2D eigenvalue weighted by Gasteiger charge is -2.31. The zero-order valence-corrected chi connectivity index (χ0v) is 15.7. The van der Waals surface area contributed by atoms with Crippen molar-refractivity contribution in [1.29, 1.82) is 0 Å². The molecule has 1 amide bonds. The molecular formula is C16H23ClN6O3. The number of rotatable bonds is 7. The van der Waals surface area contributed by atoms with Gasteiger partial charge in [-0.2, -0.15) is 0 Å². The third-order valence-corrected chi connectivity index (χ3v) is 4.52. The monoisotopic (exact) mass is 382 g/mol. The first kappa shape index (κ1) is 21.5. The summed E-state index contributed by atoms with van der Waals surface area (Å²) >= 11 is 0. The molecule has 0 bridgehead atoms. The highest BCUT2D eigenvalue weighted by atomic mass is 35.5. The number of amides is 1. The minimum absolute atomic E-state index is 0. The van der Waals surface area contributed by atoms with E-state index < -0.39 is 10.5 Å². The van der Waals surface area contributed by atoms with Gasteiger partial charge in [-0.3, -0.25) is 14.9 Å². The van der Waals surface area contributed by atoms with E-state index in [1.54, 1.807) is 19.1 Å². The van der Waals surface area contributed by atoms with Crippen molar-refractivity contribution in [2.75, 3.05) is 6.54 Å². The fourth-order valence-electron chi connectivity index (χ4n) is 2.59. The number of nitro groups is 1. The van der Waals surface area contributed by atoms with Gasteiger partial charge < -0.3 is 11.1 Å². The summed E-state index contributed by atoms with van der Waals surface area (Å²) in [6.07, 6.45) is 1.40. The number of carbonyl (C=O) groups excluding carboxylic acids is 1. The van der Waals surface area contributed by atoms with Crippen molar-refractivity contribution in [3.8, 4) is 5.69 Å². The number of carbonyl (C=O) groups is 1. The van der Waals surface area contributed by atoms with Crippen LogP contribution in [0.5, 0.6) is 0 Å². The van der Waals surface area contributed by atoms with E-state index >= 15 is 0 Å². The van der Waals surface area contributed by atoms with Crippen LogP contribution in [0.1, 0.15) is 42.9 Å². The molecule has 0 aliphatic carbocycles. The van der Waals surface area contributed by atoms with E-state index in [0.717, 1.165) is 0 Å². The Morgan fingerprint density at radius 3 is 2.58 bits per heavy atom. The molecule has 0 atom stereocenters. The number of hydrogen-bond acceptors (Lipinski definition) is 6. The van der Waals surface area contributed by atoms with E-state index in [4.69, 9.17) is 5.73 Å². The molecule has 2 rings (SSSR count). The third-order valence-electron chi connectivity index (χ3n) is 4.52. The van der Waals surface area contributed by atoms with Gasteiger partial charge in [-0.1, -0.05) is 25.1 Å². The van der Waals surface area contributed by atoms with Crippen molar-refractivity contribution in [3.63, 3.8) is 0 Å². The Labute approximate surface area is 157 Å². The van der Waals surface area contributed by atoms with Crippen molar-refractivity contribution in [2.45, 2.75) is 39.2 Å². The largest absolute Gasteiger partial charge is 0.344 e. The molecule has 26 heavy (non-hydrogen) atoms. The molecule has 0 fully saturated rings. The Hall–Kier alpha value is -2.52. The quantitative estimate of drug-likeness (QED) is 0.557. The zero-order valence-electron chi connectivity index (χ0n) is 14.9. The average molecular weight is 383 g/mol. The summed E-state index contributed by atoms with van der Waals surface area (Å²) in [4.78, 5) is 23.0. The lowest BCUT2D eigenvalue weighted by Crippen LogP contribution is -2.53. The molecule has 0 aliphatic heterocycles. The van der Waals surface area contributed by atoms with Crippen LogP contribution in [0.4, 0.5) is 5.69 Å². The molecule has 142 valence electrons. The molecule has 10 heteroatoms. The number of nitro benzene ring substituents is 1. The summed E-state index contributed by atoms with van der Waals surface area (Å²) in [6.45, 7) is 5.94. The molecule has 2 aromatic rings. The molecule has 0 spiro atoms. The van der Waals surface area contributed by atoms with E-state index in [0.29, 0.717) is 30.8 Å². The topological polar surface area (TPSA) is 129 Å². The van der Waals surface area contributed by atoms with E-state index in [2.05, 4.69) is 15.6 Å². The Morgan fingerprint density at radius 2 is 2.04 bits per heavy atom. The summed E-state index contributed by atoms with van der Waals surface area (Å²) in [6, 6.07) is 5.99. The standard InChI is InChI=1S/C16H22N6O3.ClH/c1-4-16(5-2,10-17)18-15(23)14-11(3)21(20-19-14)12-7-6-8-13(9-12)22(24)25;/h6-9H,4-5,10,17H2,1-3H3,(H,18,23);1H. The summed E-state index contributed by atoms with van der Waals surface area (Å²) in [5.41, 5.74) is 6.41. The van der Waals surface area contributed by atoms with Gasteiger partial charge in [0.2, 0.25) is 0 Å². The molecule has 3 N–H and O–H groups in total. The van der Waals surface area contributed by atoms with Gasteiger partial charge in [-0.15, -0.1) is 17.5 Å². The maximum Gasteiger partial charge on any atom is 0.274 e. The molecular weight excluding hydrogens is 360 g/mol. The van der Waals surface area contributed by atoms with Crippen LogP contribution in [0.25, 0.3) is 5.69 Å². The van der Waals surface area contributed by atoms with Gasteiger partial charge in [0.05, 0.1) is 21.8 Å². The third kappa shape index (κ3) is 4.17. The van der Waals surface area contributed by atoms with Crippen molar-refractivity contribution >= 4 is 24.0 Å². The smallest absolute Gasteiger partial charge is 0.274 e. The van der Waals surface area contributed by atoms with E-state index in [9.17, 15) is 14.9 Å². The van der Waals surface area contributed by atoms with Crippen LogP contribution in [0.2, 0.25) is 0 Å². The minimum Gasteiger partial charge on any atom is -0.344 e. The number of nitrogens with one attached hydrogen (secondary N) is 1.